The first-order chi connectivity index (χ1) is 14.7. The number of aromatic nitrogens is 2. The Balaban J connectivity index is 1.48. The van der Waals surface area contributed by atoms with Gasteiger partial charge in [-0.1, -0.05) is 42.5 Å². The van der Waals surface area contributed by atoms with E-state index in [0.717, 1.165) is 29.9 Å². The molecule has 0 saturated carbocycles. The van der Waals surface area contributed by atoms with Gasteiger partial charge in [-0.05, 0) is 17.7 Å². The fourth-order valence-corrected chi connectivity index (χ4v) is 3.36. The molecule has 0 spiro atoms. The van der Waals surface area contributed by atoms with E-state index in [9.17, 15) is 4.79 Å². The molecule has 7 heteroatoms. The van der Waals surface area contributed by atoms with E-state index in [-0.39, 0.29) is 5.91 Å². The fraction of sp³-hybridized carbons (Fsp3) is 0.261. The summed E-state index contributed by atoms with van der Waals surface area (Å²) in [6.07, 6.45) is 1.65. The lowest BCUT2D eigenvalue weighted by molar-refractivity contribution is 0.0337. The highest BCUT2D eigenvalue weighted by Gasteiger charge is 2.15. The average Bonchev–Trinajstić information content (AvgIpc) is 2.80. The zero-order chi connectivity index (χ0) is 20.8. The van der Waals surface area contributed by atoms with Gasteiger partial charge in [0.2, 0.25) is 0 Å². The van der Waals surface area contributed by atoms with Gasteiger partial charge in [-0.2, -0.15) is 0 Å². The molecule has 4 rings (SSSR count). The Bertz CT molecular complexity index is 1000. The number of hydrogen-bond donors (Lipinski definition) is 2. The molecular weight excluding hydrogens is 378 g/mol. The summed E-state index contributed by atoms with van der Waals surface area (Å²) in [4.78, 5) is 23.9. The molecule has 3 N–H and O–H groups in total. The molecule has 7 nitrogen and oxygen atoms in total. The number of amides is 1. The summed E-state index contributed by atoms with van der Waals surface area (Å²) in [6.45, 7) is 4.24. The van der Waals surface area contributed by atoms with Crippen molar-refractivity contribution in [2.75, 3.05) is 32.0 Å². The number of hydrogen-bond acceptors (Lipinski definition) is 6. The molecule has 3 aromatic rings. The van der Waals surface area contributed by atoms with Crippen LogP contribution in [0.25, 0.3) is 11.3 Å². The van der Waals surface area contributed by atoms with Gasteiger partial charge in [0.15, 0.2) is 0 Å². The highest BCUT2D eigenvalue weighted by atomic mass is 16.5. The standard InChI is InChI=1S/C23H25N5O2/c24-22-21(16-28-9-11-30-12-10-28)27-20(15-25-22)18-7-4-8-19(13-18)23(29)26-14-17-5-2-1-3-6-17/h1-8,13,15H,9-12,14,16H2,(H2,24,25)(H,26,29). The molecule has 1 amide bonds. The van der Waals surface area contributed by atoms with E-state index in [1.807, 2.05) is 48.5 Å². The van der Waals surface area contributed by atoms with E-state index in [1.54, 1.807) is 12.3 Å². The molecule has 0 bridgehead atoms. The first-order valence-corrected chi connectivity index (χ1v) is 10.0. The lowest BCUT2D eigenvalue weighted by Crippen LogP contribution is -2.36. The third-order valence-electron chi connectivity index (χ3n) is 5.07. The lowest BCUT2D eigenvalue weighted by Gasteiger charge is -2.26. The minimum atomic E-state index is -0.127. The molecule has 1 aliphatic rings. The van der Waals surface area contributed by atoms with Crippen molar-refractivity contribution in [1.29, 1.82) is 0 Å². The number of nitrogens with zero attached hydrogens (tertiary/aromatic N) is 3. The van der Waals surface area contributed by atoms with E-state index in [0.29, 0.717) is 43.4 Å². The van der Waals surface area contributed by atoms with Gasteiger partial charge in [0, 0.05) is 37.3 Å². The van der Waals surface area contributed by atoms with Crippen LogP contribution in [-0.2, 0) is 17.8 Å². The van der Waals surface area contributed by atoms with Gasteiger partial charge in [0.25, 0.3) is 5.91 Å². The normalized spacial score (nSPS) is 14.4. The summed E-state index contributed by atoms with van der Waals surface area (Å²) in [5, 5.41) is 2.96. The number of rotatable bonds is 6. The average molecular weight is 403 g/mol. The Morgan fingerprint density at radius 2 is 1.90 bits per heavy atom. The molecule has 2 heterocycles. The smallest absolute Gasteiger partial charge is 0.251 e. The molecular formula is C23H25N5O2. The highest BCUT2D eigenvalue weighted by molar-refractivity contribution is 5.95. The van der Waals surface area contributed by atoms with E-state index in [4.69, 9.17) is 15.5 Å². The van der Waals surface area contributed by atoms with Crippen LogP contribution < -0.4 is 11.1 Å². The predicted octanol–water partition coefficient (Wildman–Crippen LogP) is 2.49. The van der Waals surface area contributed by atoms with E-state index < -0.39 is 0 Å². The zero-order valence-electron chi connectivity index (χ0n) is 16.8. The summed E-state index contributed by atoms with van der Waals surface area (Å²) in [5.41, 5.74) is 9.97. The van der Waals surface area contributed by atoms with Crippen molar-refractivity contribution in [3.8, 4) is 11.3 Å². The number of carbonyl (C=O) groups excluding carboxylic acids is 1. The summed E-state index contributed by atoms with van der Waals surface area (Å²) < 4.78 is 5.40. The zero-order valence-corrected chi connectivity index (χ0v) is 16.8. The second-order valence-electron chi connectivity index (χ2n) is 7.22. The number of nitrogens with one attached hydrogen (secondary N) is 1. The maximum Gasteiger partial charge on any atom is 0.251 e. The van der Waals surface area contributed by atoms with Crippen molar-refractivity contribution in [1.82, 2.24) is 20.2 Å². The predicted molar refractivity (Wildman–Crippen MR) is 116 cm³/mol. The molecule has 1 fully saturated rings. The maximum atomic E-state index is 12.6. The Morgan fingerprint density at radius 1 is 1.10 bits per heavy atom. The Hall–Kier alpha value is -3.29. The number of carbonyl (C=O) groups is 1. The summed E-state index contributed by atoms with van der Waals surface area (Å²) in [6, 6.07) is 17.2. The van der Waals surface area contributed by atoms with Gasteiger partial charge < -0.3 is 15.8 Å². The van der Waals surface area contributed by atoms with E-state index in [1.165, 1.54) is 0 Å². The largest absolute Gasteiger partial charge is 0.382 e. The Kier molecular flexibility index (Phi) is 6.32. The number of nitrogens with two attached hydrogens (primary N) is 1. The van der Waals surface area contributed by atoms with Gasteiger partial charge in [-0.3, -0.25) is 9.69 Å². The third-order valence-corrected chi connectivity index (χ3v) is 5.07. The van der Waals surface area contributed by atoms with Crippen molar-refractivity contribution in [2.24, 2.45) is 0 Å². The monoisotopic (exact) mass is 403 g/mol. The molecule has 0 unspecified atom stereocenters. The number of benzene rings is 2. The molecule has 30 heavy (non-hydrogen) atoms. The van der Waals surface area contributed by atoms with E-state index in [2.05, 4.69) is 15.2 Å². The minimum absolute atomic E-state index is 0.127. The van der Waals surface area contributed by atoms with E-state index >= 15 is 0 Å². The number of ether oxygens (including phenoxy) is 1. The van der Waals surface area contributed by atoms with Gasteiger partial charge in [0.05, 0.1) is 30.8 Å². The molecule has 2 aromatic carbocycles. The third kappa shape index (κ3) is 5.00. The Morgan fingerprint density at radius 3 is 2.70 bits per heavy atom. The summed E-state index contributed by atoms with van der Waals surface area (Å²) in [7, 11) is 0. The van der Waals surface area contributed by atoms with Crippen LogP contribution in [0.3, 0.4) is 0 Å². The second-order valence-corrected chi connectivity index (χ2v) is 7.22. The van der Waals surface area contributed by atoms with Crippen LogP contribution in [0, 0.1) is 0 Å². The summed E-state index contributed by atoms with van der Waals surface area (Å²) in [5.74, 6) is 0.305. The molecule has 0 radical (unpaired) electrons. The van der Waals surface area contributed by atoms with Crippen molar-refractivity contribution in [3.63, 3.8) is 0 Å². The topological polar surface area (TPSA) is 93.4 Å². The van der Waals surface area contributed by atoms with Gasteiger partial charge in [-0.15, -0.1) is 0 Å². The second kappa shape index (κ2) is 9.47. The van der Waals surface area contributed by atoms with Crippen LogP contribution in [0.1, 0.15) is 21.6 Å². The van der Waals surface area contributed by atoms with Crippen LogP contribution in [0.5, 0.6) is 0 Å². The summed E-state index contributed by atoms with van der Waals surface area (Å²) >= 11 is 0. The number of morpholine rings is 1. The molecule has 1 aliphatic heterocycles. The number of anilines is 1. The van der Waals surface area contributed by atoms with Gasteiger partial charge >= 0.3 is 0 Å². The van der Waals surface area contributed by atoms with Crippen LogP contribution in [0.15, 0.2) is 60.8 Å². The van der Waals surface area contributed by atoms with Crippen molar-refractivity contribution in [2.45, 2.75) is 13.1 Å². The molecule has 154 valence electrons. The van der Waals surface area contributed by atoms with Crippen LogP contribution in [0.2, 0.25) is 0 Å². The quantitative estimate of drug-likeness (QED) is 0.657. The first kappa shape index (κ1) is 20.0. The van der Waals surface area contributed by atoms with Gasteiger partial charge in [0.1, 0.15) is 5.82 Å². The van der Waals surface area contributed by atoms with Crippen LogP contribution >= 0.6 is 0 Å². The Labute approximate surface area is 175 Å². The number of nitrogen functional groups attached to an aromatic ring is 1. The fourth-order valence-electron chi connectivity index (χ4n) is 3.36. The van der Waals surface area contributed by atoms with Crippen molar-refractivity contribution >= 4 is 11.7 Å². The van der Waals surface area contributed by atoms with Crippen molar-refractivity contribution in [3.05, 3.63) is 77.6 Å². The SMILES string of the molecule is Nc1ncc(-c2cccc(C(=O)NCc3ccccc3)c2)nc1CN1CCOCC1. The molecule has 1 aromatic heterocycles. The minimum Gasteiger partial charge on any atom is -0.382 e. The van der Waals surface area contributed by atoms with Crippen molar-refractivity contribution < 1.29 is 9.53 Å². The lowest BCUT2D eigenvalue weighted by atomic mass is 10.1. The maximum absolute atomic E-state index is 12.6. The highest BCUT2D eigenvalue weighted by Crippen LogP contribution is 2.21. The van der Waals surface area contributed by atoms with Gasteiger partial charge in [-0.25, -0.2) is 9.97 Å². The van der Waals surface area contributed by atoms with Crippen LogP contribution in [-0.4, -0.2) is 47.1 Å². The molecule has 0 aliphatic carbocycles. The van der Waals surface area contributed by atoms with Crippen LogP contribution in [0.4, 0.5) is 5.82 Å². The molecule has 0 atom stereocenters. The first-order valence-electron chi connectivity index (χ1n) is 10.0. The molecule has 1 saturated heterocycles.